The molecule has 2 amide bonds. The van der Waals surface area contributed by atoms with Crippen molar-refractivity contribution < 1.29 is 14.3 Å². The lowest BCUT2D eigenvalue weighted by atomic mass is 9.98. The zero-order valence-electron chi connectivity index (χ0n) is 23.3. The third-order valence-electron chi connectivity index (χ3n) is 8.25. The molecule has 2 aromatic carbocycles. The summed E-state index contributed by atoms with van der Waals surface area (Å²) in [7, 11) is 0. The molecular formula is C32H31N7O3. The van der Waals surface area contributed by atoms with Gasteiger partial charge in [0, 0.05) is 37.0 Å². The van der Waals surface area contributed by atoms with Crippen LogP contribution >= 0.6 is 0 Å². The van der Waals surface area contributed by atoms with E-state index < -0.39 is 12.1 Å². The minimum atomic E-state index is -0.657. The number of nitrogens with zero attached hydrogens (tertiary/aromatic N) is 6. The number of fused-ring (bicyclic) bond motifs is 4. The van der Waals surface area contributed by atoms with Crippen LogP contribution in [-0.4, -0.2) is 60.5 Å². The Morgan fingerprint density at radius 1 is 0.976 bits per heavy atom. The fourth-order valence-corrected chi connectivity index (χ4v) is 6.21. The van der Waals surface area contributed by atoms with E-state index in [1.807, 2.05) is 60.3 Å². The third-order valence-corrected chi connectivity index (χ3v) is 8.25. The van der Waals surface area contributed by atoms with E-state index in [1.165, 1.54) is 11.1 Å². The van der Waals surface area contributed by atoms with Crippen molar-refractivity contribution in [2.24, 2.45) is 0 Å². The summed E-state index contributed by atoms with van der Waals surface area (Å²) in [5.41, 5.74) is 7.17. The number of anilines is 1. The number of carbonyl (C=O) groups is 2. The average Bonchev–Trinajstić information content (AvgIpc) is 3.75. The second-order valence-electron chi connectivity index (χ2n) is 10.7. The van der Waals surface area contributed by atoms with Crippen LogP contribution in [0.25, 0.3) is 28.0 Å². The lowest BCUT2D eigenvalue weighted by molar-refractivity contribution is -0.122. The minimum Gasteiger partial charge on any atom is -0.448 e. The van der Waals surface area contributed by atoms with Crippen molar-refractivity contribution >= 4 is 23.6 Å². The molecule has 2 aliphatic rings. The molecule has 1 atom stereocenters. The molecule has 10 heteroatoms. The fraction of sp³-hybridized carbons (Fsp3) is 0.281. The molecule has 1 aliphatic heterocycles. The van der Waals surface area contributed by atoms with Gasteiger partial charge in [-0.3, -0.25) is 19.7 Å². The van der Waals surface area contributed by atoms with Crippen molar-refractivity contribution in [1.82, 2.24) is 29.3 Å². The number of aromatic nitrogens is 5. The van der Waals surface area contributed by atoms with Crippen LogP contribution in [0.15, 0.2) is 79.1 Å². The van der Waals surface area contributed by atoms with Crippen LogP contribution in [0, 0.1) is 0 Å². The van der Waals surface area contributed by atoms with Crippen LogP contribution in [0.5, 0.6) is 0 Å². The molecule has 1 aliphatic carbocycles. The van der Waals surface area contributed by atoms with Crippen LogP contribution in [-0.2, 0) is 16.1 Å². The van der Waals surface area contributed by atoms with Crippen molar-refractivity contribution in [3.05, 3.63) is 90.3 Å². The summed E-state index contributed by atoms with van der Waals surface area (Å²) in [5.74, 6) is -0.163. The van der Waals surface area contributed by atoms with E-state index in [4.69, 9.17) is 4.74 Å². The smallest absolute Gasteiger partial charge is 0.410 e. The maximum absolute atomic E-state index is 13.4. The number of aryl methyl sites for hydroxylation is 1. The van der Waals surface area contributed by atoms with E-state index >= 15 is 0 Å². The molecule has 10 nitrogen and oxygen atoms in total. The quantitative estimate of drug-likeness (QED) is 0.299. The molecule has 212 valence electrons. The number of hydrogen-bond donors (Lipinski definition) is 1. The standard InChI is InChI=1S/C32H31N7O3/c1-2-38-27(16-17-33-38)21-14-15-29-34-31(36-39(29)19-21)35-30(40)28-13-7-8-18-37(28)32(41)42-20-26-24-11-5-3-9-22(24)23-10-4-6-12-25(23)26/h3-6,9-12,14-17,19,26,28H,2,7-8,13,18,20H2,1H3,(H,35,36,40)/t28-/m1/s1. The Bertz CT molecular complexity index is 1750. The lowest BCUT2D eigenvalue weighted by Crippen LogP contribution is -2.50. The molecule has 1 N–H and O–H groups in total. The molecule has 1 fully saturated rings. The van der Waals surface area contributed by atoms with E-state index in [-0.39, 0.29) is 24.4 Å². The molecular weight excluding hydrogens is 530 g/mol. The van der Waals surface area contributed by atoms with Crippen molar-refractivity contribution in [3.63, 3.8) is 0 Å². The first-order chi connectivity index (χ1) is 20.6. The monoisotopic (exact) mass is 561 g/mol. The molecule has 4 heterocycles. The summed E-state index contributed by atoms with van der Waals surface area (Å²) in [6.45, 7) is 3.46. The zero-order valence-corrected chi connectivity index (χ0v) is 23.3. The number of amides is 2. The summed E-state index contributed by atoms with van der Waals surface area (Å²) < 4.78 is 9.44. The van der Waals surface area contributed by atoms with Gasteiger partial charge < -0.3 is 4.74 Å². The Morgan fingerprint density at radius 3 is 2.50 bits per heavy atom. The number of likely N-dealkylation sites (tertiary alicyclic amines) is 1. The van der Waals surface area contributed by atoms with Gasteiger partial charge in [0.2, 0.25) is 11.9 Å². The van der Waals surface area contributed by atoms with Gasteiger partial charge in [0.15, 0.2) is 5.65 Å². The molecule has 3 aromatic heterocycles. The van der Waals surface area contributed by atoms with Crippen LogP contribution < -0.4 is 5.32 Å². The summed E-state index contributed by atoms with van der Waals surface area (Å²) in [5, 5.41) is 11.7. The first-order valence-corrected chi connectivity index (χ1v) is 14.4. The maximum atomic E-state index is 13.4. The molecule has 0 radical (unpaired) electrons. The predicted molar refractivity (Wildman–Crippen MR) is 158 cm³/mol. The normalized spacial score (nSPS) is 16.3. The Balaban J connectivity index is 1.05. The van der Waals surface area contributed by atoms with Gasteiger partial charge in [0.25, 0.3) is 0 Å². The second-order valence-corrected chi connectivity index (χ2v) is 10.7. The molecule has 5 aromatic rings. The topological polar surface area (TPSA) is 107 Å². The summed E-state index contributed by atoms with van der Waals surface area (Å²) in [6.07, 6.45) is 5.37. The van der Waals surface area contributed by atoms with Crippen molar-refractivity contribution in [2.45, 2.75) is 44.7 Å². The Morgan fingerprint density at radius 2 is 1.74 bits per heavy atom. The highest BCUT2D eigenvalue weighted by molar-refractivity contribution is 5.95. The van der Waals surface area contributed by atoms with Gasteiger partial charge in [0.05, 0.1) is 5.69 Å². The Hall–Kier alpha value is -4.99. The SMILES string of the molecule is CCn1nccc1-c1ccc2nc(NC(=O)[C@H]3CCCCN3C(=O)OCC3c4ccccc4-c4ccccc43)nn2c1. The van der Waals surface area contributed by atoms with Crippen molar-refractivity contribution in [3.8, 4) is 22.4 Å². The third kappa shape index (κ3) is 4.58. The van der Waals surface area contributed by atoms with Crippen molar-refractivity contribution in [2.75, 3.05) is 18.5 Å². The highest BCUT2D eigenvalue weighted by Crippen LogP contribution is 2.44. The maximum Gasteiger partial charge on any atom is 0.410 e. The van der Waals surface area contributed by atoms with Crippen LogP contribution in [0.1, 0.15) is 43.2 Å². The summed E-state index contributed by atoms with van der Waals surface area (Å²) >= 11 is 0. The number of pyridine rings is 1. The van der Waals surface area contributed by atoms with Crippen molar-refractivity contribution in [1.29, 1.82) is 0 Å². The molecule has 42 heavy (non-hydrogen) atoms. The van der Waals surface area contributed by atoms with Crippen LogP contribution in [0.3, 0.4) is 0 Å². The highest BCUT2D eigenvalue weighted by Gasteiger charge is 2.35. The largest absolute Gasteiger partial charge is 0.448 e. The highest BCUT2D eigenvalue weighted by atomic mass is 16.6. The van der Waals surface area contributed by atoms with Gasteiger partial charge in [-0.2, -0.15) is 10.1 Å². The van der Waals surface area contributed by atoms with Gasteiger partial charge in [-0.25, -0.2) is 9.31 Å². The number of rotatable bonds is 6. The summed E-state index contributed by atoms with van der Waals surface area (Å²) in [6, 6.07) is 21.6. The van der Waals surface area contributed by atoms with Crippen LogP contribution in [0.2, 0.25) is 0 Å². The van der Waals surface area contributed by atoms with E-state index in [2.05, 4.69) is 44.8 Å². The molecule has 0 unspecified atom stereocenters. The first kappa shape index (κ1) is 25.9. The second kappa shape index (κ2) is 10.8. The average molecular weight is 562 g/mol. The van der Waals surface area contributed by atoms with Gasteiger partial charge in [-0.1, -0.05) is 48.5 Å². The predicted octanol–water partition coefficient (Wildman–Crippen LogP) is 5.35. The van der Waals surface area contributed by atoms with Crippen LogP contribution in [0.4, 0.5) is 10.7 Å². The molecule has 1 saturated heterocycles. The zero-order chi connectivity index (χ0) is 28.6. The number of benzene rings is 2. The van der Waals surface area contributed by atoms with Gasteiger partial charge in [-0.05, 0) is 66.6 Å². The van der Waals surface area contributed by atoms with Gasteiger partial charge in [0.1, 0.15) is 12.6 Å². The fourth-order valence-electron chi connectivity index (χ4n) is 6.21. The molecule has 0 bridgehead atoms. The van der Waals surface area contributed by atoms with E-state index in [1.54, 1.807) is 15.6 Å². The number of piperidine rings is 1. The summed E-state index contributed by atoms with van der Waals surface area (Å²) in [4.78, 5) is 32.8. The van der Waals surface area contributed by atoms with Gasteiger partial charge >= 0.3 is 6.09 Å². The number of nitrogens with one attached hydrogen (secondary N) is 1. The number of hydrogen-bond acceptors (Lipinski definition) is 6. The van der Waals surface area contributed by atoms with E-state index in [9.17, 15) is 9.59 Å². The molecule has 7 rings (SSSR count). The van der Waals surface area contributed by atoms with E-state index in [0.29, 0.717) is 18.6 Å². The van der Waals surface area contributed by atoms with E-state index in [0.717, 1.165) is 41.8 Å². The number of ether oxygens (including phenoxy) is 1. The minimum absolute atomic E-state index is 0.0403. The Labute approximate surface area is 242 Å². The molecule has 0 spiro atoms. The number of carbonyl (C=O) groups excluding carboxylic acids is 2. The Kier molecular flexibility index (Phi) is 6.65. The lowest BCUT2D eigenvalue weighted by Gasteiger charge is -2.33. The molecule has 0 saturated carbocycles. The first-order valence-electron chi connectivity index (χ1n) is 14.4. The van der Waals surface area contributed by atoms with Gasteiger partial charge in [-0.15, -0.1) is 5.10 Å².